The number of fused-ring (bicyclic) bond motifs is 2. The highest BCUT2D eigenvalue weighted by Crippen LogP contribution is 2.44. The van der Waals surface area contributed by atoms with Gasteiger partial charge in [0, 0.05) is 0 Å². The zero-order valence-corrected chi connectivity index (χ0v) is 37.1. The largest absolute Gasteiger partial charge is 0.460 e. The summed E-state index contributed by atoms with van der Waals surface area (Å²) in [4.78, 5) is 34.9. The van der Waals surface area contributed by atoms with Gasteiger partial charge in [0.25, 0.3) is 0 Å². The van der Waals surface area contributed by atoms with Gasteiger partial charge in [0.2, 0.25) is 10.0 Å². The number of aromatic nitrogens is 2. The van der Waals surface area contributed by atoms with Crippen LogP contribution in [-0.2, 0) is 9.47 Å². The molecule has 52 heavy (non-hydrogen) atoms. The second-order valence-corrected chi connectivity index (χ2v) is 18.1. The summed E-state index contributed by atoms with van der Waals surface area (Å²) < 4.78 is 14.2. The quantitative estimate of drug-likeness (QED) is 0.0459. The summed E-state index contributed by atoms with van der Waals surface area (Å²) in [6.45, 7) is 5.37. The molecular weight excluding hydrogens is 820 g/mol. The Labute approximate surface area is 339 Å². The average Bonchev–Trinajstić information content (AvgIpc) is 3.81. The standard InChI is InChI=1S/C42H66Br2N2O4S2/c1-3-5-7-9-11-13-15-17-19-21-23-25-27-29-31-49-41(47)39-45-35-33(43)38-36(34(44)37(35)51-39)46-40(52-38)42(48)50-32-30-28-26-24-22-20-18-16-14-12-10-8-6-4-2/h3-32H2,1-2H3. The Morgan fingerprint density at radius 1 is 0.442 bits per heavy atom. The number of ether oxygens (including phenoxy) is 2. The van der Waals surface area contributed by atoms with Gasteiger partial charge in [-0.15, -0.1) is 22.7 Å². The number of thiazole rings is 2. The summed E-state index contributed by atoms with van der Waals surface area (Å²) in [5.74, 6) is -0.780. The third-order valence-corrected chi connectivity index (χ3v) is 14.1. The molecule has 0 saturated heterocycles. The van der Waals surface area contributed by atoms with Crippen LogP contribution in [0.4, 0.5) is 0 Å². The summed E-state index contributed by atoms with van der Waals surface area (Å²) in [5.41, 5.74) is 1.33. The highest BCUT2D eigenvalue weighted by atomic mass is 79.9. The average molecular weight is 887 g/mol. The van der Waals surface area contributed by atoms with Gasteiger partial charge in [-0.1, -0.05) is 181 Å². The van der Waals surface area contributed by atoms with Gasteiger partial charge >= 0.3 is 11.9 Å². The van der Waals surface area contributed by atoms with E-state index in [-0.39, 0.29) is 0 Å². The molecule has 0 amide bonds. The zero-order chi connectivity index (χ0) is 37.2. The molecule has 0 N–H and O–H groups in total. The van der Waals surface area contributed by atoms with Crippen molar-refractivity contribution in [2.75, 3.05) is 13.2 Å². The van der Waals surface area contributed by atoms with E-state index in [0.717, 1.165) is 44.0 Å². The second-order valence-electron chi connectivity index (χ2n) is 14.5. The van der Waals surface area contributed by atoms with Crippen LogP contribution in [0.15, 0.2) is 8.95 Å². The molecule has 0 spiro atoms. The number of hydrogen-bond donors (Lipinski definition) is 0. The van der Waals surface area contributed by atoms with Gasteiger partial charge in [-0.2, -0.15) is 0 Å². The second kappa shape index (κ2) is 28.3. The van der Waals surface area contributed by atoms with Crippen LogP contribution >= 0.6 is 54.5 Å². The van der Waals surface area contributed by atoms with E-state index in [2.05, 4.69) is 55.7 Å². The lowest BCUT2D eigenvalue weighted by molar-refractivity contribution is 0.0488. The highest BCUT2D eigenvalue weighted by Gasteiger charge is 2.24. The van der Waals surface area contributed by atoms with Crippen LogP contribution < -0.4 is 0 Å². The van der Waals surface area contributed by atoms with E-state index in [1.807, 2.05) is 0 Å². The minimum Gasteiger partial charge on any atom is -0.460 e. The highest BCUT2D eigenvalue weighted by molar-refractivity contribution is 9.11. The van der Waals surface area contributed by atoms with Crippen molar-refractivity contribution in [2.45, 2.75) is 194 Å². The third kappa shape index (κ3) is 17.1. The molecule has 0 unspecified atom stereocenters. The lowest BCUT2D eigenvalue weighted by atomic mass is 10.0. The molecule has 1 aromatic carbocycles. The van der Waals surface area contributed by atoms with Gasteiger partial charge in [0.15, 0.2) is 0 Å². The molecule has 0 aliphatic carbocycles. The van der Waals surface area contributed by atoms with Gasteiger partial charge in [0.1, 0.15) is 0 Å². The summed E-state index contributed by atoms with van der Waals surface area (Å²) >= 11 is 9.92. The van der Waals surface area contributed by atoms with Crippen LogP contribution in [0.25, 0.3) is 20.4 Å². The van der Waals surface area contributed by atoms with Gasteiger partial charge < -0.3 is 9.47 Å². The normalized spacial score (nSPS) is 11.6. The molecule has 0 atom stereocenters. The molecule has 2 aromatic heterocycles. The van der Waals surface area contributed by atoms with Gasteiger partial charge in [-0.25, -0.2) is 19.6 Å². The first-order chi connectivity index (χ1) is 25.5. The predicted molar refractivity (Wildman–Crippen MR) is 229 cm³/mol. The molecule has 2 heterocycles. The first-order valence-electron chi connectivity index (χ1n) is 20.9. The Kier molecular flexibility index (Phi) is 24.7. The molecule has 0 aliphatic rings. The molecule has 0 aliphatic heterocycles. The number of carbonyl (C=O) groups is 2. The first-order valence-corrected chi connectivity index (χ1v) is 24.1. The number of hydrogen-bond acceptors (Lipinski definition) is 8. The van der Waals surface area contributed by atoms with Crippen molar-refractivity contribution in [3.63, 3.8) is 0 Å². The summed E-state index contributed by atoms with van der Waals surface area (Å²) in [6.07, 6.45) is 36.2. The zero-order valence-electron chi connectivity index (χ0n) is 32.3. The molecule has 10 heteroatoms. The molecule has 3 aromatic rings. The topological polar surface area (TPSA) is 78.4 Å². The molecule has 0 radical (unpaired) electrons. The van der Waals surface area contributed by atoms with E-state index in [0.29, 0.717) is 34.3 Å². The van der Waals surface area contributed by atoms with Crippen LogP contribution in [0.2, 0.25) is 0 Å². The maximum atomic E-state index is 12.8. The molecule has 0 saturated carbocycles. The number of unbranched alkanes of at least 4 members (excludes halogenated alkanes) is 26. The van der Waals surface area contributed by atoms with Crippen LogP contribution in [0.5, 0.6) is 0 Å². The van der Waals surface area contributed by atoms with Crippen molar-refractivity contribution in [3.8, 4) is 0 Å². The molecule has 0 bridgehead atoms. The van der Waals surface area contributed by atoms with Gasteiger partial charge in [-0.05, 0) is 44.7 Å². The van der Waals surface area contributed by atoms with Crippen LogP contribution in [0.3, 0.4) is 0 Å². The summed E-state index contributed by atoms with van der Waals surface area (Å²) in [7, 11) is 0. The van der Waals surface area contributed by atoms with Gasteiger partial charge in [0.05, 0.1) is 42.6 Å². The Hall–Kier alpha value is -1.10. The van der Waals surface area contributed by atoms with Gasteiger partial charge in [-0.3, -0.25) is 0 Å². The van der Waals surface area contributed by atoms with E-state index < -0.39 is 11.9 Å². The van der Waals surface area contributed by atoms with E-state index in [4.69, 9.17) is 9.47 Å². The SMILES string of the molecule is CCCCCCCCCCCCCCCCOC(=O)c1nc2c(Br)c3sc(C(=O)OCCCCCCCCCCCCCCCC)nc3c(Br)c2s1. The molecule has 294 valence electrons. The lowest BCUT2D eigenvalue weighted by Crippen LogP contribution is -2.06. The number of nitrogens with zero attached hydrogens (tertiary/aromatic N) is 2. The Bertz CT molecular complexity index is 1270. The molecule has 6 nitrogen and oxygen atoms in total. The molecule has 3 rings (SSSR count). The Balaban J connectivity index is 1.29. The van der Waals surface area contributed by atoms with Crippen LogP contribution in [-0.4, -0.2) is 35.1 Å². The Morgan fingerprint density at radius 3 is 0.962 bits per heavy atom. The third-order valence-electron chi connectivity index (χ3n) is 9.88. The molecule has 0 fully saturated rings. The summed E-state index contributed by atoms with van der Waals surface area (Å²) in [6, 6.07) is 0. The molecular formula is C42H66Br2N2O4S2. The predicted octanol–water partition coefficient (Wildman–Crippen LogP) is 15.7. The summed E-state index contributed by atoms with van der Waals surface area (Å²) in [5, 5.41) is 0.652. The fourth-order valence-corrected chi connectivity index (χ4v) is 10.2. The fourth-order valence-electron chi connectivity index (χ4n) is 6.67. The number of halogens is 2. The lowest BCUT2D eigenvalue weighted by Gasteiger charge is -2.04. The van der Waals surface area contributed by atoms with Crippen molar-refractivity contribution in [1.82, 2.24) is 9.97 Å². The van der Waals surface area contributed by atoms with Crippen molar-refractivity contribution in [1.29, 1.82) is 0 Å². The van der Waals surface area contributed by atoms with Crippen molar-refractivity contribution < 1.29 is 19.1 Å². The minimum atomic E-state index is -0.390. The fraction of sp³-hybridized carbons (Fsp3) is 0.762. The number of rotatable bonds is 32. The first kappa shape index (κ1) is 45.3. The van der Waals surface area contributed by atoms with Crippen molar-refractivity contribution in [3.05, 3.63) is 19.0 Å². The van der Waals surface area contributed by atoms with E-state index in [1.54, 1.807) is 0 Å². The van der Waals surface area contributed by atoms with Crippen molar-refractivity contribution in [2.24, 2.45) is 0 Å². The Morgan fingerprint density at radius 2 is 0.692 bits per heavy atom. The maximum Gasteiger partial charge on any atom is 0.367 e. The van der Waals surface area contributed by atoms with Crippen molar-refractivity contribution >= 4 is 86.9 Å². The monoisotopic (exact) mass is 884 g/mol. The minimum absolute atomic E-state index is 0.326. The number of benzene rings is 1. The smallest absolute Gasteiger partial charge is 0.367 e. The van der Waals surface area contributed by atoms with E-state index >= 15 is 0 Å². The van der Waals surface area contributed by atoms with Crippen LogP contribution in [0, 0.1) is 0 Å². The number of carbonyl (C=O) groups excluding carboxylic acids is 2. The van der Waals surface area contributed by atoms with E-state index in [9.17, 15) is 9.59 Å². The van der Waals surface area contributed by atoms with Crippen LogP contribution in [0.1, 0.15) is 213 Å². The maximum absolute atomic E-state index is 12.8. The van der Waals surface area contributed by atoms with E-state index in [1.165, 1.54) is 177 Å². The number of esters is 2.